The Hall–Kier alpha value is -1.72. The molecule has 0 bridgehead atoms. The molecule has 0 atom stereocenters. The maximum absolute atomic E-state index is 10.0. The van der Waals surface area contributed by atoms with E-state index in [0.717, 1.165) is 11.3 Å². The average molecular weight is 296 g/mol. The number of aromatic nitrogens is 2. The number of ether oxygens (including phenoxy) is 1. The van der Waals surface area contributed by atoms with E-state index < -0.39 is 0 Å². The van der Waals surface area contributed by atoms with Crippen LogP contribution in [0.15, 0.2) is 18.3 Å². The second-order valence-electron chi connectivity index (χ2n) is 4.63. The molecular formula is C14H18ClN3O2. The number of nitrogens with zero attached hydrogens (tertiary/aromatic N) is 2. The van der Waals surface area contributed by atoms with Crippen molar-refractivity contribution < 1.29 is 9.84 Å². The van der Waals surface area contributed by atoms with Crippen LogP contribution in [0, 0.1) is 6.92 Å². The van der Waals surface area contributed by atoms with Gasteiger partial charge in [-0.05, 0) is 13.0 Å². The zero-order chi connectivity index (χ0) is 14.7. The molecule has 0 aliphatic carbocycles. The van der Waals surface area contributed by atoms with Gasteiger partial charge >= 0.3 is 0 Å². The summed E-state index contributed by atoms with van der Waals surface area (Å²) >= 11 is 5.99. The van der Waals surface area contributed by atoms with Crippen molar-refractivity contribution in [2.45, 2.75) is 20.0 Å². The first-order valence-electron chi connectivity index (χ1n) is 6.26. The maximum Gasteiger partial charge on any atom is 0.162 e. The summed E-state index contributed by atoms with van der Waals surface area (Å²) in [6.45, 7) is 3.14. The normalized spacial score (nSPS) is 10.8. The largest absolute Gasteiger partial charge is 0.504 e. The Labute approximate surface area is 123 Å². The van der Waals surface area contributed by atoms with Gasteiger partial charge < -0.3 is 15.2 Å². The van der Waals surface area contributed by atoms with Crippen LogP contribution in [0.25, 0.3) is 0 Å². The van der Waals surface area contributed by atoms with Gasteiger partial charge in [-0.1, -0.05) is 11.6 Å². The highest BCUT2D eigenvalue weighted by Crippen LogP contribution is 2.33. The lowest BCUT2D eigenvalue weighted by atomic mass is 10.1. The third kappa shape index (κ3) is 3.23. The summed E-state index contributed by atoms with van der Waals surface area (Å²) in [5, 5.41) is 18.1. The zero-order valence-corrected chi connectivity index (χ0v) is 12.5. The third-order valence-corrected chi connectivity index (χ3v) is 3.30. The Kier molecular flexibility index (Phi) is 4.52. The predicted octanol–water partition coefficient (Wildman–Crippen LogP) is 2.39. The van der Waals surface area contributed by atoms with E-state index in [4.69, 9.17) is 16.3 Å². The molecule has 0 spiro atoms. The number of methoxy groups -OCH3 is 1. The standard InChI is InChI=1S/C14H18ClN3O2/c1-9-11(8-18(2)17-9)7-16-6-10-4-12(15)5-13(20-3)14(10)19/h4-5,8,16,19H,6-7H2,1-3H3. The van der Waals surface area contributed by atoms with Crippen LogP contribution in [0.4, 0.5) is 0 Å². The number of hydrogen-bond acceptors (Lipinski definition) is 4. The Morgan fingerprint density at radius 2 is 2.05 bits per heavy atom. The molecule has 0 radical (unpaired) electrons. The van der Waals surface area contributed by atoms with Gasteiger partial charge in [0.2, 0.25) is 0 Å². The summed E-state index contributed by atoms with van der Waals surface area (Å²) in [7, 11) is 3.39. The van der Waals surface area contributed by atoms with Crippen molar-refractivity contribution in [1.29, 1.82) is 0 Å². The van der Waals surface area contributed by atoms with E-state index in [2.05, 4.69) is 10.4 Å². The molecule has 0 saturated carbocycles. The highest BCUT2D eigenvalue weighted by Gasteiger charge is 2.10. The first-order valence-corrected chi connectivity index (χ1v) is 6.64. The predicted molar refractivity (Wildman–Crippen MR) is 78.2 cm³/mol. The Morgan fingerprint density at radius 1 is 1.35 bits per heavy atom. The maximum atomic E-state index is 10.0. The monoisotopic (exact) mass is 295 g/mol. The summed E-state index contributed by atoms with van der Waals surface area (Å²) < 4.78 is 6.86. The van der Waals surface area contributed by atoms with Crippen molar-refractivity contribution >= 4 is 11.6 Å². The van der Waals surface area contributed by atoms with Crippen molar-refractivity contribution in [2.75, 3.05) is 7.11 Å². The van der Waals surface area contributed by atoms with Crippen molar-refractivity contribution in [3.8, 4) is 11.5 Å². The van der Waals surface area contributed by atoms with Crippen LogP contribution in [0.1, 0.15) is 16.8 Å². The number of benzene rings is 1. The van der Waals surface area contributed by atoms with E-state index in [-0.39, 0.29) is 5.75 Å². The van der Waals surface area contributed by atoms with E-state index >= 15 is 0 Å². The molecule has 108 valence electrons. The van der Waals surface area contributed by atoms with Gasteiger partial charge in [-0.3, -0.25) is 4.68 Å². The highest BCUT2D eigenvalue weighted by molar-refractivity contribution is 6.30. The number of rotatable bonds is 5. The Balaban J connectivity index is 2.04. The third-order valence-electron chi connectivity index (χ3n) is 3.08. The average Bonchev–Trinajstić information content (AvgIpc) is 2.71. The lowest BCUT2D eigenvalue weighted by molar-refractivity contribution is 0.369. The van der Waals surface area contributed by atoms with Crippen LogP contribution in [0.5, 0.6) is 11.5 Å². The number of nitrogens with one attached hydrogen (secondary N) is 1. The topological polar surface area (TPSA) is 59.3 Å². The lowest BCUT2D eigenvalue weighted by Crippen LogP contribution is -2.13. The molecule has 6 heteroatoms. The van der Waals surface area contributed by atoms with Crippen molar-refractivity contribution in [3.05, 3.63) is 40.2 Å². The van der Waals surface area contributed by atoms with Gasteiger partial charge in [0.15, 0.2) is 11.5 Å². The van der Waals surface area contributed by atoms with Crippen LogP contribution < -0.4 is 10.1 Å². The van der Waals surface area contributed by atoms with E-state index in [1.54, 1.807) is 16.8 Å². The van der Waals surface area contributed by atoms with Crippen molar-refractivity contribution in [3.63, 3.8) is 0 Å². The fraction of sp³-hybridized carbons (Fsp3) is 0.357. The molecule has 2 N–H and O–H groups in total. The Morgan fingerprint density at radius 3 is 2.65 bits per heavy atom. The summed E-state index contributed by atoms with van der Waals surface area (Å²) in [4.78, 5) is 0. The minimum absolute atomic E-state index is 0.118. The van der Waals surface area contributed by atoms with Crippen LogP contribution >= 0.6 is 11.6 Å². The van der Waals surface area contributed by atoms with E-state index in [9.17, 15) is 5.11 Å². The number of phenols is 1. The molecule has 2 aromatic rings. The molecule has 1 heterocycles. The summed E-state index contributed by atoms with van der Waals surface area (Å²) in [6.07, 6.45) is 1.97. The van der Waals surface area contributed by atoms with Crippen LogP contribution in [-0.2, 0) is 20.1 Å². The molecule has 1 aromatic carbocycles. The second kappa shape index (κ2) is 6.15. The number of phenolic OH excluding ortho intramolecular Hbond substituents is 1. The second-order valence-corrected chi connectivity index (χ2v) is 5.07. The molecule has 0 aliphatic heterocycles. The minimum Gasteiger partial charge on any atom is -0.504 e. The van der Waals surface area contributed by atoms with Gasteiger partial charge in [-0.25, -0.2) is 0 Å². The Bertz CT molecular complexity index is 611. The molecule has 0 saturated heterocycles. The summed E-state index contributed by atoms with van der Waals surface area (Å²) in [5.41, 5.74) is 2.82. The van der Waals surface area contributed by atoms with E-state index in [1.165, 1.54) is 7.11 Å². The lowest BCUT2D eigenvalue weighted by Gasteiger charge is -2.10. The van der Waals surface area contributed by atoms with Crippen LogP contribution in [-0.4, -0.2) is 22.0 Å². The molecule has 0 amide bonds. The molecule has 20 heavy (non-hydrogen) atoms. The zero-order valence-electron chi connectivity index (χ0n) is 11.8. The molecule has 1 aromatic heterocycles. The molecule has 5 nitrogen and oxygen atoms in total. The van der Waals surface area contributed by atoms with E-state index in [0.29, 0.717) is 29.4 Å². The van der Waals surface area contributed by atoms with Crippen LogP contribution in [0.2, 0.25) is 5.02 Å². The fourth-order valence-corrected chi connectivity index (χ4v) is 2.30. The summed E-state index contributed by atoms with van der Waals surface area (Å²) in [5.74, 6) is 0.499. The fourth-order valence-electron chi connectivity index (χ4n) is 2.07. The first-order chi connectivity index (χ1) is 9.51. The van der Waals surface area contributed by atoms with Gasteiger partial charge in [-0.2, -0.15) is 5.10 Å². The molecule has 0 fully saturated rings. The molecule has 0 unspecified atom stereocenters. The van der Waals surface area contributed by atoms with Gasteiger partial charge in [0.1, 0.15) is 0 Å². The highest BCUT2D eigenvalue weighted by atomic mass is 35.5. The number of hydrogen-bond donors (Lipinski definition) is 2. The van der Waals surface area contributed by atoms with Gasteiger partial charge in [0, 0.05) is 48.5 Å². The van der Waals surface area contributed by atoms with Crippen molar-refractivity contribution in [2.24, 2.45) is 7.05 Å². The van der Waals surface area contributed by atoms with Gasteiger partial charge in [0.05, 0.1) is 12.8 Å². The number of aromatic hydroxyl groups is 1. The number of halogens is 1. The van der Waals surface area contributed by atoms with Gasteiger partial charge in [0.25, 0.3) is 0 Å². The van der Waals surface area contributed by atoms with E-state index in [1.807, 2.05) is 20.2 Å². The van der Waals surface area contributed by atoms with Crippen molar-refractivity contribution in [1.82, 2.24) is 15.1 Å². The summed E-state index contributed by atoms with van der Waals surface area (Å²) in [6, 6.07) is 3.31. The SMILES string of the molecule is COc1cc(Cl)cc(CNCc2cn(C)nc2C)c1O. The van der Waals surface area contributed by atoms with Crippen LogP contribution in [0.3, 0.4) is 0 Å². The smallest absolute Gasteiger partial charge is 0.162 e. The molecule has 2 rings (SSSR count). The first kappa shape index (κ1) is 14.7. The van der Waals surface area contributed by atoms with Gasteiger partial charge in [-0.15, -0.1) is 0 Å². The molecule has 0 aliphatic rings. The quantitative estimate of drug-likeness (QED) is 0.889. The minimum atomic E-state index is 0.118. The number of aryl methyl sites for hydroxylation is 2. The molecular weight excluding hydrogens is 278 g/mol.